The number of aliphatic carboxylic acids is 1. The van der Waals surface area contributed by atoms with E-state index in [0.717, 1.165) is 24.2 Å². The summed E-state index contributed by atoms with van der Waals surface area (Å²) in [5.41, 5.74) is 2.04. The van der Waals surface area contributed by atoms with Gasteiger partial charge in [-0.3, -0.25) is 14.5 Å². The van der Waals surface area contributed by atoms with Crippen molar-refractivity contribution in [2.24, 2.45) is 5.92 Å². The summed E-state index contributed by atoms with van der Waals surface area (Å²) in [7, 11) is 0. The fourth-order valence-corrected chi connectivity index (χ4v) is 4.70. The highest BCUT2D eigenvalue weighted by atomic mass is 19.4. The number of benzene rings is 2. The molecule has 0 bridgehead atoms. The number of Topliss-reactive ketones (excluding diaryl/α,β-unsaturated/α-hetero) is 1. The lowest BCUT2D eigenvalue weighted by molar-refractivity contribution is -0.192. The average Bonchev–Trinajstić information content (AvgIpc) is 3.71. The molecule has 2 fully saturated rings. The number of ketones is 1. The number of hydrogen-bond acceptors (Lipinski definition) is 6. The molecule has 246 valence electrons. The maximum absolute atomic E-state index is 14.6. The molecule has 1 aromatic heterocycles. The molecule has 3 aromatic rings. The number of amides is 3. The van der Waals surface area contributed by atoms with Crippen LogP contribution in [-0.4, -0.2) is 77.5 Å². The van der Waals surface area contributed by atoms with Crippen molar-refractivity contribution in [3.05, 3.63) is 89.1 Å². The van der Waals surface area contributed by atoms with E-state index >= 15 is 0 Å². The number of carboxylic acid groups (broad SMARTS) is 1. The number of rotatable bonds is 10. The van der Waals surface area contributed by atoms with Crippen LogP contribution in [0.1, 0.15) is 51.3 Å². The minimum absolute atomic E-state index is 0.0475. The van der Waals surface area contributed by atoms with E-state index in [9.17, 15) is 31.9 Å². The predicted molar refractivity (Wildman–Crippen MR) is 159 cm³/mol. The van der Waals surface area contributed by atoms with E-state index < -0.39 is 24.0 Å². The smallest absolute Gasteiger partial charge is 0.475 e. The van der Waals surface area contributed by atoms with Gasteiger partial charge in [0.25, 0.3) is 5.91 Å². The van der Waals surface area contributed by atoms with Gasteiger partial charge >= 0.3 is 18.2 Å². The summed E-state index contributed by atoms with van der Waals surface area (Å²) in [6.45, 7) is 3.65. The topological polar surface area (TPSA) is 132 Å². The molecule has 2 aromatic carbocycles. The Morgan fingerprint density at radius 2 is 1.65 bits per heavy atom. The monoisotopic (exact) mass is 646 g/mol. The summed E-state index contributed by atoms with van der Waals surface area (Å²) >= 11 is 0. The molecule has 3 N–H and O–H groups in total. The Morgan fingerprint density at radius 3 is 2.26 bits per heavy atom. The lowest BCUT2D eigenvalue weighted by Gasteiger charge is -2.35. The number of furan rings is 1. The second-order valence-electron chi connectivity index (χ2n) is 11.0. The number of nitrogens with one attached hydrogen (secondary N) is 2. The van der Waals surface area contributed by atoms with Crippen LogP contribution in [0.3, 0.4) is 0 Å². The first kappa shape index (κ1) is 34.2. The standard InChI is InChI=1S/C30H33FN4O4.C2HF3O2/c31-26-18-24(8-10-27(26)33-30(38)32-19-21-6-7-21)29(37)35-14-12-34(13-15-35)20-22-3-1-4-23(17-22)28(36)11-9-25-5-2-16-39-25;3-2(4,5)1(6)7/h1-5,8,10,16-18,21H,6-7,9,11-15,19-20H2,(H2,32,33,38);(H,6,7). The number of aryl methyl sites for hydroxylation is 1. The van der Waals surface area contributed by atoms with Crippen LogP contribution in [0.15, 0.2) is 65.3 Å². The Morgan fingerprint density at radius 1 is 0.935 bits per heavy atom. The normalized spacial score (nSPS) is 15.0. The molecule has 2 heterocycles. The highest BCUT2D eigenvalue weighted by Gasteiger charge is 2.38. The summed E-state index contributed by atoms with van der Waals surface area (Å²) in [6.07, 6.45) is -0.282. The van der Waals surface area contributed by atoms with E-state index in [4.69, 9.17) is 14.3 Å². The number of anilines is 1. The molecule has 1 aliphatic carbocycles. The van der Waals surface area contributed by atoms with Gasteiger partial charge in [-0.15, -0.1) is 0 Å². The van der Waals surface area contributed by atoms with E-state index in [0.29, 0.717) is 63.6 Å². The number of halogens is 4. The molecule has 1 aliphatic heterocycles. The molecule has 3 amide bonds. The minimum atomic E-state index is -5.08. The Labute approximate surface area is 262 Å². The first-order valence-electron chi connectivity index (χ1n) is 14.7. The second kappa shape index (κ2) is 15.5. The Hall–Kier alpha value is -4.72. The highest BCUT2D eigenvalue weighted by molar-refractivity contribution is 5.96. The summed E-state index contributed by atoms with van der Waals surface area (Å²) in [5, 5.41) is 12.4. The predicted octanol–water partition coefficient (Wildman–Crippen LogP) is 5.36. The zero-order chi connectivity index (χ0) is 33.3. The van der Waals surface area contributed by atoms with Crippen molar-refractivity contribution in [1.82, 2.24) is 15.1 Å². The van der Waals surface area contributed by atoms with E-state index in [1.54, 1.807) is 17.2 Å². The van der Waals surface area contributed by atoms with Gasteiger partial charge in [0.05, 0.1) is 12.0 Å². The zero-order valence-corrected chi connectivity index (χ0v) is 24.8. The number of hydrogen-bond donors (Lipinski definition) is 3. The molecule has 46 heavy (non-hydrogen) atoms. The zero-order valence-electron chi connectivity index (χ0n) is 24.8. The number of carboxylic acids is 1. The van der Waals surface area contributed by atoms with Gasteiger partial charge < -0.3 is 25.1 Å². The molecule has 0 radical (unpaired) electrons. The number of nitrogens with zero attached hydrogens (tertiary/aromatic N) is 2. The number of alkyl halides is 3. The third-order valence-electron chi connectivity index (χ3n) is 7.45. The van der Waals surface area contributed by atoms with Crippen LogP contribution < -0.4 is 10.6 Å². The molecule has 14 heteroatoms. The fraction of sp³-hybridized carbons (Fsp3) is 0.375. The van der Waals surface area contributed by atoms with Crippen molar-refractivity contribution in [2.75, 3.05) is 38.0 Å². The third kappa shape index (κ3) is 10.4. The largest absolute Gasteiger partial charge is 0.490 e. The van der Waals surface area contributed by atoms with Crippen LogP contribution in [0.2, 0.25) is 0 Å². The number of urea groups is 1. The summed E-state index contributed by atoms with van der Waals surface area (Å²) < 4.78 is 51.7. The van der Waals surface area contributed by atoms with Gasteiger partial charge in [-0.25, -0.2) is 14.0 Å². The van der Waals surface area contributed by atoms with Gasteiger partial charge in [0, 0.05) is 63.2 Å². The van der Waals surface area contributed by atoms with Gasteiger partial charge in [-0.2, -0.15) is 13.2 Å². The van der Waals surface area contributed by atoms with Gasteiger partial charge in [-0.05, 0) is 60.7 Å². The maximum Gasteiger partial charge on any atom is 0.490 e. The number of carbonyl (C=O) groups excluding carboxylic acids is 3. The van der Waals surface area contributed by atoms with Crippen molar-refractivity contribution < 1.29 is 46.3 Å². The molecule has 10 nitrogen and oxygen atoms in total. The lowest BCUT2D eigenvalue weighted by Crippen LogP contribution is -2.48. The molecule has 1 saturated heterocycles. The average molecular weight is 647 g/mol. The van der Waals surface area contributed by atoms with Crippen molar-refractivity contribution >= 4 is 29.4 Å². The SMILES string of the molecule is O=C(NCC1CC1)Nc1ccc(C(=O)N2CCN(Cc3cccc(C(=O)CCc4ccco4)c3)CC2)cc1F.O=C(O)C(F)(F)F. The Balaban J connectivity index is 0.000000617. The molecular weight excluding hydrogens is 612 g/mol. The Kier molecular flexibility index (Phi) is 11.5. The van der Waals surface area contributed by atoms with E-state index in [2.05, 4.69) is 15.5 Å². The van der Waals surface area contributed by atoms with Gasteiger partial charge in [0.1, 0.15) is 11.6 Å². The molecular formula is C32H34F4N4O6. The minimum Gasteiger partial charge on any atom is -0.475 e. The fourth-order valence-electron chi connectivity index (χ4n) is 4.70. The lowest BCUT2D eigenvalue weighted by atomic mass is 10.0. The molecule has 2 aliphatic rings. The molecule has 1 saturated carbocycles. The van der Waals surface area contributed by atoms with E-state index in [-0.39, 0.29) is 22.9 Å². The van der Waals surface area contributed by atoms with Crippen LogP contribution in [0, 0.1) is 11.7 Å². The highest BCUT2D eigenvalue weighted by Crippen LogP contribution is 2.27. The molecule has 5 rings (SSSR count). The Bertz CT molecular complexity index is 1520. The number of carbonyl (C=O) groups is 4. The maximum atomic E-state index is 14.6. The summed E-state index contributed by atoms with van der Waals surface area (Å²) in [6, 6.07) is 15.1. The first-order chi connectivity index (χ1) is 21.9. The van der Waals surface area contributed by atoms with Crippen LogP contribution in [0.5, 0.6) is 0 Å². The third-order valence-corrected chi connectivity index (χ3v) is 7.45. The quantitative estimate of drug-likeness (QED) is 0.200. The van der Waals surface area contributed by atoms with Gasteiger partial charge in [0.2, 0.25) is 0 Å². The van der Waals surface area contributed by atoms with Crippen molar-refractivity contribution in [3.63, 3.8) is 0 Å². The van der Waals surface area contributed by atoms with Crippen LogP contribution in [-0.2, 0) is 17.8 Å². The second-order valence-corrected chi connectivity index (χ2v) is 11.0. The van der Waals surface area contributed by atoms with Gasteiger partial charge in [0.15, 0.2) is 5.78 Å². The van der Waals surface area contributed by atoms with E-state index in [1.165, 1.54) is 12.1 Å². The number of piperazine rings is 1. The molecule has 0 atom stereocenters. The van der Waals surface area contributed by atoms with Crippen LogP contribution in [0.4, 0.5) is 28.0 Å². The molecule has 0 spiro atoms. The summed E-state index contributed by atoms with van der Waals surface area (Å²) in [5.74, 6) is -2.22. The van der Waals surface area contributed by atoms with Crippen LogP contribution in [0.25, 0.3) is 0 Å². The van der Waals surface area contributed by atoms with Crippen LogP contribution >= 0.6 is 0 Å². The molecule has 0 unspecified atom stereocenters. The van der Waals surface area contributed by atoms with Crippen molar-refractivity contribution in [1.29, 1.82) is 0 Å². The van der Waals surface area contributed by atoms with Crippen molar-refractivity contribution in [2.45, 2.75) is 38.4 Å². The van der Waals surface area contributed by atoms with Crippen molar-refractivity contribution in [3.8, 4) is 0 Å². The van der Waals surface area contributed by atoms with E-state index in [1.807, 2.05) is 36.4 Å². The summed E-state index contributed by atoms with van der Waals surface area (Å²) in [4.78, 5) is 50.5. The first-order valence-corrected chi connectivity index (χ1v) is 14.7. The van der Waals surface area contributed by atoms with Gasteiger partial charge in [-0.1, -0.05) is 18.2 Å².